The van der Waals surface area contributed by atoms with Gasteiger partial charge in [-0.1, -0.05) is 352 Å². The first-order chi connectivity index (χ1) is 74.5. The highest BCUT2D eigenvalue weighted by atomic mass is 15.2. The molecule has 0 saturated heterocycles. The van der Waals surface area contributed by atoms with Crippen LogP contribution in [0.15, 0.2) is 486 Å². The molecule has 0 amide bonds. The number of pyridine rings is 3. The molecule has 0 radical (unpaired) electrons. The fourth-order valence-electron chi connectivity index (χ4n) is 23.2. The van der Waals surface area contributed by atoms with E-state index in [1.807, 2.05) is 171 Å². The molecule has 698 valence electrons. The fourth-order valence-corrected chi connectivity index (χ4v) is 23.2. The molecule has 0 aliphatic rings. The maximum absolute atomic E-state index is 5.47. The summed E-state index contributed by atoms with van der Waals surface area (Å²) < 4.78 is 14.0. The first kappa shape index (κ1) is 84.9. The molecule has 0 unspecified atom stereocenters. The third-order valence-electron chi connectivity index (χ3n) is 29.4. The fraction of sp³-hybridized carbons (Fsp3) is 0. The van der Waals surface area contributed by atoms with Crippen LogP contribution in [0.25, 0.3) is 288 Å². The van der Waals surface area contributed by atoms with Gasteiger partial charge in [0, 0.05) is 139 Å². The molecule has 18 nitrogen and oxygen atoms in total. The van der Waals surface area contributed by atoms with Crippen molar-refractivity contribution in [3.05, 3.63) is 486 Å². The van der Waals surface area contributed by atoms with Crippen molar-refractivity contribution >= 4 is 196 Å². The molecule has 0 saturated carbocycles. The van der Waals surface area contributed by atoms with Gasteiger partial charge >= 0.3 is 0 Å². The lowest BCUT2D eigenvalue weighted by Gasteiger charge is -2.16. The van der Waals surface area contributed by atoms with E-state index < -0.39 is 0 Å². The van der Waals surface area contributed by atoms with Crippen molar-refractivity contribution in [2.24, 2.45) is 0 Å². The number of aromatic nitrogens is 18. The number of benzene rings is 19. The Bertz CT molecular complexity index is 10800. The Morgan fingerprint density at radius 1 is 0.140 bits per heavy atom. The van der Waals surface area contributed by atoms with Crippen molar-refractivity contribution in [1.82, 2.24) is 87.2 Å². The smallest absolute Gasteiger partial charge is 0.238 e. The van der Waals surface area contributed by atoms with Crippen LogP contribution in [0.1, 0.15) is 0 Å². The van der Waals surface area contributed by atoms with Crippen LogP contribution in [-0.2, 0) is 0 Å². The molecule has 0 N–H and O–H groups in total. The molecule has 13 aromatic heterocycles. The molecule has 0 bridgehead atoms. The van der Waals surface area contributed by atoms with Crippen LogP contribution in [-0.4, -0.2) is 87.2 Å². The molecule has 32 aromatic rings. The average Bonchev–Trinajstić information content (AvgIpc) is 1.52. The van der Waals surface area contributed by atoms with Crippen LogP contribution in [0.3, 0.4) is 0 Å². The molecule has 13 heterocycles. The van der Waals surface area contributed by atoms with E-state index >= 15 is 0 Å². The zero-order valence-corrected chi connectivity index (χ0v) is 80.2. The van der Waals surface area contributed by atoms with Gasteiger partial charge in [-0.2, -0.15) is 9.97 Å². The van der Waals surface area contributed by atoms with E-state index in [1.165, 1.54) is 53.9 Å². The number of rotatable bonds is 11. The Morgan fingerprint density at radius 3 is 0.640 bits per heavy atom. The summed E-state index contributed by atoms with van der Waals surface area (Å²) in [7, 11) is 0. The lowest BCUT2D eigenvalue weighted by Crippen LogP contribution is -2.07. The number of nitrogens with zero attached hydrogens (tertiary/aromatic N) is 18. The lowest BCUT2D eigenvalue weighted by atomic mass is 9.99. The highest BCUT2D eigenvalue weighted by molar-refractivity contribution is 6.40. The number of fused-ring (bicyclic) bond motifs is 33. The first-order valence-electron chi connectivity index (χ1n) is 50.2. The second-order valence-corrected chi connectivity index (χ2v) is 37.7. The van der Waals surface area contributed by atoms with Gasteiger partial charge in [-0.25, -0.2) is 34.9 Å². The topological polar surface area (TPSA) is 184 Å². The van der Waals surface area contributed by atoms with Crippen molar-refractivity contribution in [3.63, 3.8) is 0 Å². The highest BCUT2D eigenvalue weighted by Crippen LogP contribution is 2.53. The van der Waals surface area contributed by atoms with Crippen molar-refractivity contribution in [3.8, 4) is 91.7 Å². The van der Waals surface area contributed by atoms with Crippen LogP contribution in [0.2, 0.25) is 0 Å². The van der Waals surface area contributed by atoms with Gasteiger partial charge < -0.3 is 9.13 Å². The normalized spacial score (nSPS) is 11.9. The molecule has 32 rings (SSSR count). The molecule has 150 heavy (non-hydrogen) atoms. The molecule has 0 fully saturated rings. The van der Waals surface area contributed by atoms with E-state index in [0.29, 0.717) is 35.1 Å². The monoisotopic (exact) mass is 1920 g/mol. The van der Waals surface area contributed by atoms with Gasteiger partial charge in [0.05, 0.1) is 101 Å². The van der Waals surface area contributed by atoms with Crippen LogP contribution in [0.5, 0.6) is 0 Å². The summed E-state index contributed by atoms with van der Waals surface area (Å²) in [4.78, 5) is 61.0. The van der Waals surface area contributed by atoms with E-state index in [2.05, 4.69) is 353 Å². The Kier molecular flexibility index (Phi) is 19.5. The molecule has 19 aromatic carbocycles. The van der Waals surface area contributed by atoms with E-state index in [-0.39, 0.29) is 0 Å². The Morgan fingerprint density at radius 2 is 0.347 bits per heavy atom. The highest BCUT2D eigenvalue weighted by Gasteiger charge is 2.33. The molecule has 0 spiro atoms. The number of hydrogen-bond donors (Lipinski definition) is 0. The molecule has 0 aliphatic carbocycles. The van der Waals surface area contributed by atoms with E-state index in [1.54, 1.807) is 0 Å². The largest absolute Gasteiger partial charge is 0.306 e. The quantitative estimate of drug-likeness (QED) is 0.120. The number of hydrogen-bond acceptors (Lipinski definition) is 12. The summed E-state index contributed by atoms with van der Waals surface area (Å²) in [6.07, 6.45) is 11.6. The maximum Gasteiger partial charge on any atom is 0.238 e. The third kappa shape index (κ3) is 13.2. The zero-order valence-electron chi connectivity index (χ0n) is 80.2. The minimum absolute atomic E-state index is 0.563. The van der Waals surface area contributed by atoms with E-state index in [9.17, 15) is 0 Å². The minimum Gasteiger partial charge on any atom is -0.306 e. The standard InChI is InChI=1S/C49H29N7.C42H26N6.C41H25N5/c1-3-15-30(16-4-1)46-51-38-24-12-9-21-34(38)48(53-46)55-40-26-14-11-23-36(40)42-32-19-7-8-20-33(32)43-37-27-28-50-29-41(37)56(45(43)44(42)55)49-35-22-10-13-25-39(35)52-47(54-49)31-17-5-2-6-18-31;1-4-14-27(15-5-1)40-44-41(28-16-6-2-7-17-28)46-42(45-40)48-34-23-13-12-22-32(34)36-30-20-10-11-21-31(30)37-33-24-25-43-26-35(33)47(38(37)39(36)48)29-18-8-3-9-19-29;1-3-13-26(14-4-1)40-43-33-21-11-9-19-30(33)41(44-40)46-34-22-12-10-20-31(34)36-28-17-7-8-18-29(28)37-32-23-24-42-25-35(32)45(38(37)39(36)46)27-15-5-2-6-16-27/h1-29H;1-26H;1-25H. The summed E-state index contributed by atoms with van der Waals surface area (Å²) in [6.45, 7) is 0. The van der Waals surface area contributed by atoms with E-state index in [0.717, 1.165) is 199 Å². The summed E-state index contributed by atoms with van der Waals surface area (Å²) in [5.74, 6) is 6.28. The summed E-state index contributed by atoms with van der Waals surface area (Å²) in [5.41, 5.74) is 22.2. The van der Waals surface area contributed by atoms with Gasteiger partial charge in [-0.05, 0) is 129 Å². The second kappa shape index (κ2) is 34.5. The molecular weight excluding hydrogens is 1840 g/mol. The Balaban J connectivity index is 0.000000104. The van der Waals surface area contributed by atoms with Gasteiger partial charge in [-0.3, -0.25) is 33.2 Å². The van der Waals surface area contributed by atoms with Crippen LogP contribution in [0.4, 0.5) is 0 Å². The van der Waals surface area contributed by atoms with Crippen molar-refractivity contribution in [2.45, 2.75) is 0 Å². The minimum atomic E-state index is 0.563. The maximum atomic E-state index is 5.47. The predicted octanol–water partition coefficient (Wildman–Crippen LogP) is 31.6. The van der Waals surface area contributed by atoms with Crippen molar-refractivity contribution in [1.29, 1.82) is 0 Å². The molecule has 18 heteroatoms. The first-order valence-corrected chi connectivity index (χ1v) is 50.2. The van der Waals surface area contributed by atoms with Gasteiger partial charge in [0.2, 0.25) is 5.95 Å². The van der Waals surface area contributed by atoms with E-state index in [4.69, 9.17) is 49.8 Å². The van der Waals surface area contributed by atoms with Crippen LogP contribution in [0, 0.1) is 0 Å². The molecule has 0 atom stereocenters. The van der Waals surface area contributed by atoms with Crippen molar-refractivity contribution in [2.75, 3.05) is 0 Å². The van der Waals surface area contributed by atoms with Crippen LogP contribution < -0.4 is 0 Å². The number of para-hydroxylation sites is 8. The Labute approximate surface area is 855 Å². The van der Waals surface area contributed by atoms with Crippen molar-refractivity contribution < 1.29 is 0 Å². The molecular formula is C132H80N18. The summed E-state index contributed by atoms with van der Waals surface area (Å²) in [5, 5.41) is 23.9. The summed E-state index contributed by atoms with van der Waals surface area (Å²) in [6, 6.07) is 156. The van der Waals surface area contributed by atoms with Gasteiger partial charge in [0.15, 0.2) is 29.1 Å². The average molecular weight is 1920 g/mol. The molecule has 0 aliphatic heterocycles. The lowest BCUT2D eigenvalue weighted by molar-refractivity contribution is 0.953. The Hall–Kier alpha value is -20.8. The van der Waals surface area contributed by atoms with Gasteiger partial charge in [0.25, 0.3) is 0 Å². The SMILES string of the molecule is c1ccc(-c2nc(-c3ccccc3)nc(-n3c4ccccc4c4c5ccccc5c5c6ccncc6n(-c6ccccc6)c5c43)n2)cc1.c1ccc(-c2nc(-n3c4ccccc4c4c5ccccc5c5c6ccncc6n(-c6ccccc6)c5c43)c3ccccc3n2)cc1.c1ccc(-c2nc(-n3c4ccccc4c4c5ccccc5c5c6ccncc6n(-c6nc(-c7ccccc7)nc7ccccc67)c5c43)c3ccccc3n2)cc1. The zero-order chi connectivity index (χ0) is 98.5. The third-order valence-corrected chi connectivity index (χ3v) is 29.4. The van der Waals surface area contributed by atoms with Gasteiger partial charge in [0.1, 0.15) is 17.5 Å². The van der Waals surface area contributed by atoms with Crippen LogP contribution >= 0.6 is 0 Å². The summed E-state index contributed by atoms with van der Waals surface area (Å²) >= 11 is 0. The second-order valence-electron chi connectivity index (χ2n) is 37.7. The predicted molar refractivity (Wildman–Crippen MR) is 611 cm³/mol. The van der Waals surface area contributed by atoms with Gasteiger partial charge in [-0.15, -0.1) is 0 Å².